The predicted molar refractivity (Wildman–Crippen MR) is 51.6 cm³/mol. The van der Waals surface area contributed by atoms with Gasteiger partial charge in [0.05, 0.1) is 5.69 Å². The van der Waals surface area contributed by atoms with Crippen LogP contribution in [-0.4, -0.2) is 12.4 Å². The zero-order valence-corrected chi connectivity index (χ0v) is 7.26. The first kappa shape index (κ1) is 8.23. The second kappa shape index (κ2) is 3.56. The molecule has 13 heavy (non-hydrogen) atoms. The summed E-state index contributed by atoms with van der Waals surface area (Å²) in [7, 11) is 0. The maximum Gasteiger partial charge on any atom is 0.146 e. The van der Waals surface area contributed by atoms with Gasteiger partial charge in [-0.2, -0.15) is 0 Å². The van der Waals surface area contributed by atoms with Crippen LogP contribution in [-0.2, 0) is 0 Å². The van der Waals surface area contributed by atoms with Crippen molar-refractivity contribution in [2.75, 3.05) is 11.9 Å². The second-order valence-corrected chi connectivity index (χ2v) is 3.04. The third kappa shape index (κ3) is 1.86. The molecule has 0 atom stereocenters. The Morgan fingerprint density at radius 3 is 2.85 bits per heavy atom. The number of benzene rings is 1. The Bertz CT molecular complexity index is 333. The minimum Gasteiger partial charge on any atom is -0.342 e. The third-order valence-electron chi connectivity index (χ3n) is 2.03. The molecule has 1 aromatic rings. The molecule has 0 amide bonds. The number of para-hydroxylation sites is 1. The van der Waals surface area contributed by atoms with Gasteiger partial charge in [-0.15, -0.1) is 0 Å². The van der Waals surface area contributed by atoms with Crippen LogP contribution >= 0.6 is 0 Å². The van der Waals surface area contributed by atoms with Gasteiger partial charge in [-0.05, 0) is 18.6 Å². The van der Waals surface area contributed by atoms with Crippen molar-refractivity contribution in [3.05, 3.63) is 30.1 Å². The van der Waals surface area contributed by atoms with Gasteiger partial charge in [0.1, 0.15) is 11.7 Å². The van der Waals surface area contributed by atoms with E-state index in [0.29, 0.717) is 5.69 Å². The topological polar surface area (TPSA) is 24.4 Å². The number of nitrogens with zero attached hydrogens (tertiary/aromatic N) is 1. The van der Waals surface area contributed by atoms with E-state index in [1.165, 1.54) is 6.07 Å². The molecule has 0 unspecified atom stereocenters. The number of halogens is 1. The van der Waals surface area contributed by atoms with E-state index in [4.69, 9.17) is 0 Å². The zero-order valence-electron chi connectivity index (χ0n) is 7.26. The van der Waals surface area contributed by atoms with E-state index in [1.807, 2.05) is 0 Å². The van der Waals surface area contributed by atoms with Crippen LogP contribution in [0.1, 0.15) is 12.8 Å². The van der Waals surface area contributed by atoms with Gasteiger partial charge >= 0.3 is 0 Å². The quantitative estimate of drug-likeness (QED) is 0.701. The van der Waals surface area contributed by atoms with Crippen molar-refractivity contribution < 1.29 is 4.39 Å². The normalized spacial score (nSPS) is 15.6. The van der Waals surface area contributed by atoms with Crippen LogP contribution in [0.25, 0.3) is 0 Å². The number of rotatable bonds is 1. The summed E-state index contributed by atoms with van der Waals surface area (Å²) in [5.74, 6) is 0.669. The maximum atomic E-state index is 13.1. The number of aliphatic imine (C=N–C) groups is 1. The summed E-state index contributed by atoms with van der Waals surface area (Å²) < 4.78 is 13.1. The lowest BCUT2D eigenvalue weighted by Crippen LogP contribution is -2.09. The molecule has 0 aromatic heterocycles. The summed E-state index contributed by atoms with van der Waals surface area (Å²) in [5.41, 5.74) is 0.517. The summed E-state index contributed by atoms with van der Waals surface area (Å²) in [5, 5.41) is 2.98. The standard InChI is InChI=1S/C10H11FN2/c11-8-4-1-2-5-9(8)13-10-6-3-7-12-10/h1-2,4-5H,3,6-7H2,(H,12,13). The van der Waals surface area contributed by atoms with E-state index in [1.54, 1.807) is 18.2 Å². The molecule has 2 rings (SSSR count). The first-order valence-electron chi connectivity index (χ1n) is 4.41. The monoisotopic (exact) mass is 178 g/mol. The van der Waals surface area contributed by atoms with E-state index in [2.05, 4.69) is 10.3 Å². The molecule has 1 aromatic carbocycles. The van der Waals surface area contributed by atoms with E-state index in [9.17, 15) is 4.39 Å². The summed E-state index contributed by atoms with van der Waals surface area (Å²) in [6.07, 6.45) is 1.99. The number of anilines is 1. The smallest absolute Gasteiger partial charge is 0.146 e. The Hall–Kier alpha value is -1.38. The lowest BCUT2D eigenvalue weighted by atomic mass is 10.3. The van der Waals surface area contributed by atoms with Crippen molar-refractivity contribution in [3.63, 3.8) is 0 Å². The molecule has 1 heterocycles. The highest BCUT2D eigenvalue weighted by atomic mass is 19.1. The van der Waals surface area contributed by atoms with Gasteiger partial charge < -0.3 is 5.32 Å². The van der Waals surface area contributed by atoms with Crippen molar-refractivity contribution in [3.8, 4) is 0 Å². The largest absolute Gasteiger partial charge is 0.342 e. The molecule has 0 radical (unpaired) electrons. The Balaban J connectivity index is 2.13. The molecule has 0 saturated carbocycles. The van der Waals surface area contributed by atoms with E-state index in [-0.39, 0.29) is 5.82 Å². The molecule has 1 N–H and O–H groups in total. The fourth-order valence-electron chi connectivity index (χ4n) is 1.36. The van der Waals surface area contributed by atoms with E-state index in [0.717, 1.165) is 25.2 Å². The van der Waals surface area contributed by atoms with Gasteiger partial charge in [-0.25, -0.2) is 4.39 Å². The molecule has 0 fully saturated rings. The van der Waals surface area contributed by atoms with Gasteiger partial charge in [-0.3, -0.25) is 4.99 Å². The Labute approximate surface area is 76.5 Å². The Morgan fingerprint density at radius 2 is 2.15 bits per heavy atom. The van der Waals surface area contributed by atoms with Gasteiger partial charge in [0.25, 0.3) is 0 Å². The maximum absolute atomic E-state index is 13.1. The highest BCUT2D eigenvalue weighted by Gasteiger charge is 2.07. The first-order valence-corrected chi connectivity index (χ1v) is 4.41. The summed E-state index contributed by atoms with van der Waals surface area (Å²) in [6.45, 7) is 0.858. The van der Waals surface area contributed by atoms with Crippen molar-refractivity contribution in [2.24, 2.45) is 4.99 Å². The average Bonchev–Trinajstić information content (AvgIpc) is 2.61. The molecule has 1 aliphatic heterocycles. The van der Waals surface area contributed by atoms with Crippen LogP contribution < -0.4 is 5.32 Å². The highest BCUT2D eigenvalue weighted by molar-refractivity contribution is 5.96. The van der Waals surface area contributed by atoms with Gasteiger partial charge in [0.2, 0.25) is 0 Å². The summed E-state index contributed by atoms with van der Waals surface area (Å²) >= 11 is 0. The molecule has 0 aliphatic carbocycles. The summed E-state index contributed by atoms with van der Waals surface area (Å²) in [6, 6.07) is 6.64. The fourth-order valence-corrected chi connectivity index (χ4v) is 1.36. The molecule has 1 aliphatic rings. The lowest BCUT2D eigenvalue weighted by molar-refractivity contribution is 0.632. The van der Waals surface area contributed by atoms with Gasteiger partial charge in [-0.1, -0.05) is 12.1 Å². The van der Waals surface area contributed by atoms with E-state index < -0.39 is 0 Å². The minimum atomic E-state index is -0.225. The third-order valence-corrected chi connectivity index (χ3v) is 2.03. The fraction of sp³-hybridized carbons (Fsp3) is 0.300. The molecular weight excluding hydrogens is 167 g/mol. The SMILES string of the molecule is Fc1ccccc1NC1=NCCC1. The van der Waals surface area contributed by atoms with Crippen LogP contribution in [0.15, 0.2) is 29.3 Å². The van der Waals surface area contributed by atoms with Crippen molar-refractivity contribution >= 4 is 11.5 Å². The summed E-state index contributed by atoms with van der Waals surface area (Å²) in [4.78, 5) is 4.21. The molecule has 3 heteroatoms. The van der Waals surface area contributed by atoms with Gasteiger partial charge in [0.15, 0.2) is 0 Å². The van der Waals surface area contributed by atoms with Crippen LogP contribution in [0.2, 0.25) is 0 Å². The molecule has 68 valence electrons. The Morgan fingerprint density at radius 1 is 1.31 bits per heavy atom. The molecule has 0 spiro atoms. The average molecular weight is 178 g/mol. The molecule has 2 nitrogen and oxygen atoms in total. The molecule has 0 saturated heterocycles. The van der Waals surface area contributed by atoms with Gasteiger partial charge in [0, 0.05) is 13.0 Å². The molecular formula is C10H11FN2. The first-order chi connectivity index (χ1) is 6.36. The van der Waals surface area contributed by atoms with Crippen molar-refractivity contribution in [1.82, 2.24) is 0 Å². The van der Waals surface area contributed by atoms with Crippen molar-refractivity contribution in [2.45, 2.75) is 12.8 Å². The lowest BCUT2D eigenvalue weighted by Gasteiger charge is -2.05. The number of amidine groups is 1. The number of nitrogens with one attached hydrogen (secondary N) is 1. The number of hydrogen-bond acceptors (Lipinski definition) is 2. The second-order valence-electron chi connectivity index (χ2n) is 3.04. The van der Waals surface area contributed by atoms with Crippen LogP contribution in [0.4, 0.5) is 10.1 Å². The Kier molecular flexibility index (Phi) is 2.25. The van der Waals surface area contributed by atoms with Crippen LogP contribution in [0.5, 0.6) is 0 Å². The highest BCUT2D eigenvalue weighted by Crippen LogP contribution is 2.14. The predicted octanol–water partition coefficient (Wildman–Crippen LogP) is 2.43. The van der Waals surface area contributed by atoms with E-state index >= 15 is 0 Å². The van der Waals surface area contributed by atoms with Crippen molar-refractivity contribution in [1.29, 1.82) is 0 Å². The van der Waals surface area contributed by atoms with Crippen LogP contribution in [0.3, 0.4) is 0 Å². The number of hydrogen-bond donors (Lipinski definition) is 1. The van der Waals surface area contributed by atoms with Crippen LogP contribution in [0, 0.1) is 5.82 Å². The zero-order chi connectivity index (χ0) is 9.10. The molecule has 0 bridgehead atoms. The minimum absolute atomic E-state index is 0.225.